The Morgan fingerprint density at radius 1 is 1.04 bits per heavy atom. The largest absolute Gasteiger partial charge is 0.419 e. The Hall–Kier alpha value is -2.46. The van der Waals surface area contributed by atoms with Crippen molar-refractivity contribution in [1.29, 1.82) is 0 Å². The lowest BCUT2D eigenvalue weighted by Gasteiger charge is -2.34. The molecule has 0 amide bonds. The molecule has 2 aromatic carbocycles. The van der Waals surface area contributed by atoms with E-state index in [1.54, 1.807) is 0 Å². The summed E-state index contributed by atoms with van der Waals surface area (Å²) in [7, 11) is 0. The molecule has 0 saturated carbocycles. The van der Waals surface area contributed by atoms with Crippen LogP contribution in [0.1, 0.15) is 42.8 Å². The average molecular weight is 361 g/mol. The molecular formula is C23H27N3O. The Morgan fingerprint density at radius 3 is 2.56 bits per heavy atom. The Bertz CT molecular complexity index is 866. The summed E-state index contributed by atoms with van der Waals surface area (Å²) in [5, 5.41) is 8.60. The molecule has 1 atom stereocenters. The van der Waals surface area contributed by atoms with Gasteiger partial charge in [-0.3, -0.25) is 4.90 Å². The Balaban J connectivity index is 1.36. The zero-order valence-corrected chi connectivity index (χ0v) is 16.1. The number of hydrogen-bond acceptors (Lipinski definition) is 4. The van der Waals surface area contributed by atoms with Crippen molar-refractivity contribution in [2.24, 2.45) is 5.92 Å². The fraction of sp³-hybridized carbons (Fsp3) is 0.391. The van der Waals surface area contributed by atoms with Gasteiger partial charge in [0.15, 0.2) is 0 Å². The van der Waals surface area contributed by atoms with Crippen LogP contribution in [0.3, 0.4) is 0 Å². The van der Waals surface area contributed by atoms with Gasteiger partial charge in [-0.25, -0.2) is 0 Å². The highest BCUT2D eigenvalue weighted by Gasteiger charge is 2.26. The Kier molecular flexibility index (Phi) is 5.35. The summed E-state index contributed by atoms with van der Waals surface area (Å²) < 4.78 is 6.00. The first-order valence-corrected chi connectivity index (χ1v) is 9.87. The maximum absolute atomic E-state index is 6.00. The van der Waals surface area contributed by atoms with Gasteiger partial charge in [0.2, 0.25) is 11.8 Å². The predicted molar refractivity (Wildman–Crippen MR) is 107 cm³/mol. The van der Waals surface area contributed by atoms with Crippen LogP contribution in [0.5, 0.6) is 0 Å². The third-order valence-corrected chi connectivity index (χ3v) is 5.63. The van der Waals surface area contributed by atoms with E-state index >= 15 is 0 Å². The molecular weight excluding hydrogens is 334 g/mol. The van der Waals surface area contributed by atoms with Crippen molar-refractivity contribution in [3.8, 4) is 11.5 Å². The summed E-state index contributed by atoms with van der Waals surface area (Å²) in [6.45, 7) is 6.41. The van der Waals surface area contributed by atoms with Gasteiger partial charge in [-0.1, -0.05) is 48.0 Å². The molecule has 0 aliphatic carbocycles. The van der Waals surface area contributed by atoms with Gasteiger partial charge >= 0.3 is 0 Å². The molecule has 1 saturated heterocycles. The SMILES string of the molecule is Cc1cccc(-c2nnc(C(C)N3CCC(Cc4ccccc4)CC3)o2)c1. The summed E-state index contributed by atoms with van der Waals surface area (Å²) in [5.74, 6) is 2.09. The van der Waals surface area contributed by atoms with Crippen molar-refractivity contribution in [2.45, 2.75) is 39.2 Å². The van der Waals surface area contributed by atoms with Gasteiger partial charge < -0.3 is 4.42 Å². The molecule has 1 unspecified atom stereocenters. The zero-order valence-electron chi connectivity index (χ0n) is 16.1. The Morgan fingerprint density at radius 2 is 1.81 bits per heavy atom. The van der Waals surface area contributed by atoms with Crippen molar-refractivity contribution in [3.63, 3.8) is 0 Å². The minimum absolute atomic E-state index is 0.161. The lowest BCUT2D eigenvalue weighted by molar-refractivity contribution is 0.125. The van der Waals surface area contributed by atoms with Gasteiger partial charge in [-0.2, -0.15) is 0 Å². The summed E-state index contributed by atoms with van der Waals surface area (Å²) in [6, 6.07) is 19.2. The number of aryl methyl sites for hydroxylation is 1. The number of nitrogens with zero attached hydrogens (tertiary/aromatic N) is 3. The molecule has 27 heavy (non-hydrogen) atoms. The van der Waals surface area contributed by atoms with Crippen LogP contribution in [0, 0.1) is 12.8 Å². The minimum Gasteiger partial charge on any atom is -0.419 e. The number of hydrogen-bond donors (Lipinski definition) is 0. The number of piperidine rings is 1. The van der Waals surface area contributed by atoms with E-state index in [1.165, 1.54) is 30.4 Å². The molecule has 2 heterocycles. The fourth-order valence-corrected chi connectivity index (χ4v) is 3.95. The highest BCUT2D eigenvalue weighted by Crippen LogP contribution is 2.29. The van der Waals surface area contributed by atoms with Gasteiger partial charge in [0, 0.05) is 5.56 Å². The molecule has 140 valence electrons. The standard InChI is InChI=1S/C23H27N3O/c1-17-7-6-10-21(15-17)23-25-24-22(27-23)18(2)26-13-11-20(12-14-26)16-19-8-4-3-5-9-19/h3-10,15,18,20H,11-14,16H2,1-2H3. The molecule has 0 N–H and O–H groups in total. The van der Waals surface area contributed by atoms with Crippen LogP contribution >= 0.6 is 0 Å². The van der Waals surface area contributed by atoms with E-state index < -0.39 is 0 Å². The molecule has 4 heteroatoms. The number of rotatable bonds is 5. The highest BCUT2D eigenvalue weighted by molar-refractivity contribution is 5.53. The van der Waals surface area contributed by atoms with Gasteiger partial charge in [0.05, 0.1) is 6.04 Å². The monoisotopic (exact) mass is 361 g/mol. The van der Waals surface area contributed by atoms with E-state index in [9.17, 15) is 0 Å². The van der Waals surface area contributed by atoms with Crippen LogP contribution in [0.2, 0.25) is 0 Å². The molecule has 1 aliphatic heterocycles. The normalized spacial score (nSPS) is 17.1. The van der Waals surface area contributed by atoms with Crippen LogP contribution in [0.15, 0.2) is 59.0 Å². The predicted octanol–water partition coefficient (Wildman–Crippen LogP) is 5.06. The molecule has 4 nitrogen and oxygen atoms in total. The van der Waals surface area contributed by atoms with Crippen LogP contribution in [-0.4, -0.2) is 28.2 Å². The van der Waals surface area contributed by atoms with Crippen LogP contribution < -0.4 is 0 Å². The Labute approximate surface area is 161 Å². The van der Waals surface area contributed by atoms with E-state index in [1.807, 2.05) is 12.1 Å². The van der Waals surface area contributed by atoms with Crippen molar-refractivity contribution < 1.29 is 4.42 Å². The van der Waals surface area contributed by atoms with E-state index in [0.29, 0.717) is 11.8 Å². The molecule has 4 rings (SSSR count). The van der Waals surface area contributed by atoms with Crippen molar-refractivity contribution in [3.05, 3.63) is 71.6 Å². The van der Waals surface area contributed by atoms with E-state index in [-0.39, 0.29) is 6.04 Å². The summed E-state index contributed by atoms with van der Waals surface area (Å²) in [4.78, 5) is 2.47. The zero-order chi connectivity index (χ0) is 18.6. The van der Waals surface area contributed by atoms with Crippen LogP contribution in [-0.2, 0) is 6.42 Å². The third-order valence-electron chi connectivity index (χ3n) is 5.63. The average Bonchev–Trinajstić information content (AvgIpc) is 3.19. The van der Waals surface area contributed by atoms with Gasteiger partial charge in [0.25, 0.3) is 0 Å². The molecule has 0 bridgehead atoms. The molecule has 0 spiro atoms. The molecule has 1 aliphatic rings. The van der Waals surface area contributed by atoms with E-state index in [4.69, 9.17) is 4.42 Å². The first kappa shape index (κ1) is 17.9. The highest BCUT2D eigenvalue weighted by atomic mass is 16.4. The second-order valence-electron chi connectivity index (χ2n) is 7.66. The van der Waals surface area contributed by atoms with E-state index in [0.717, 1.165) is 24.6 Å². The summed E-state index contributed by atoms with van der Waals surface area (Å²) >= 11 is 0. The molecule has 3 aromatic rings. The van der Waals surface area contributed by atoms with Crippen molar-refractivity contribution in [1.82, 2.24) is 15.1 Å². The van der Waals surface area contributed by atoms with Crippen molar-refractivity contribution >= 4 is 0 Å². The summed E-state index contributed by atoms with van der Waals surface area (Å²) in [5.41, 5.74) is 3.63. The smallest absolute Gasteiger partial charge is 0.247 e. The van der Waals surface area contributed by atoms with E-state index in [2.05, 4.69) is 71.4 Å². The number of aromatic nitrogens is 2. The fourth-order valence-electron chi connectivity index (χ4n) is 3.95. The maximum Gasteiger partial charge on any atom is 0.247 e. The lowest BCUT2D eigenvalue weighted by atomic mass is 9.89. The molecule has 0 radical (unpaired) electrons. The van der Waals surface area contributed by atoms with Gasteiger partial charge in [-0.15, -0.1) is 10.2 Å². The second kappa shape index (κ2) is 8.05. The van der Waals surface area contributed by atoms with Gasteiger partial charge in [-0.05, 0) is 69.8 Å². The third kappa shape index (κ3) is 4.28. The first-order chi connectivity index (χ1) is 13.2. The molecule has 1 aromatic heterocycles. The number of benzene rings is 2. The van der Waals surface area contributed by atoms with Crippen molar-refractivity contribution in [2.75, 3.05) is 13.1 Å². The lowest BCUT2D eigenvalue weighted by Crippen LogP contribution is -2.36. The molecule has 1 fully saturated rings. The second-order valence-corrected chi connectivity index (χ2v) is 7.66. The topological polar surface area (TPSA) is 42.2 Å². The maximum atomic E-state index is 6.00. The van der Waals surface area contributed by atoms with Crippen LogP contribution in [0.25, 0.3) is 11.5 Å². The van der Waals surface area contributed by atoms with Crippen LogP contribution in [0.4, 0.5) is 0 Å². The quantitative estimate of drug-likeness (QED) is 0.637. The summed E-state index contributed by atoms with van der Waals surface area (Å²) in [6.07, 6.45) is 3.62. The minimum atomic E-state index is 0.161. The number of likely N-dealkylation sites (tertiary alicyclic amines) is 1. The van der Waals surface area contributed by atoms with Gasteiger partial charge in [0.1, 0.15) is 0 Å². The first-order valence-electron chi connectivity index (χ1n) is 9.87.